The Morgan fingerprint density at radius 1 is 1.75 bits per heavy atom. The summed E-state index contributed by atoms with van der Waals surface area (Å²) in [4.78, 5) is 10.7. The zero-order chi connectivity index (χ0) is 8.77. The maximum atomic E-state index is 10.7. The van der Waals surface area contributed by atoms with Crippen molar-refractivity contribution >= 4 is 0 Å². The first-order valence-corrected chi connectivity index (χ1v) is 3.91. The molecule has 0 saturated heterocycles. The Kier molecular flexibility index (Phi) is 1.35. The lowest BCUT2D eigenvalue weighted by atomic mass is 10.2. The fraction of sp³-hybridized carbons (Fsp3) is 0.500. The van der Waals surface area contributed by atoms with Gasteiger partial charge in [-0.05, 0) is 18.4 Å². The van der Waals surface area contributed by atoms with Crippen molar-refractivity contribution in [2.24, 2.45) is 5.92 Å². The van der Waals surface area contributed by atoms with Crippen LogP contribution in [0.3, 0.4) is 0 Å². The lowest BCUT2D eigenvalue weighted by molar-refractivity contribution is 0.128. The van der Waals surface area contributed by atoms with Gasteiger partial charge in [-0.1, -0.05) is 6.92 Å². The third kappa shape index (κ3) is 0.956. The highest BCUT2D eigenvalue weighted by molar-refractivity contribution is 5.20. The quantitative estimate of drug-likeness (QED) is 0.617. The molecule has 12 heavy (non-hydrogen) atoms. The molecule has 4 heteroatoms. The van der Waals surface area contributed by atoms with Gasteiger partial charge in [-0.25, -0.2) is 5.10 Å². The van der Waals surface area contributed by atoms with E-state index in [1.165, 1.54) is 6.07 Å². The lowest BCUT2D eigenvalue weighted by Gasteiger charge is -2.05. The zero-order valence-corrected chi connectivity index (χ0v) is 6.74. The standard InChI is InChI=1S/C8H10N2O2/c1-5-4-8(5,12)6-2-3-7(11)10-9-6/h2-3,5,12H,4H2,1H3,(H,10,11). The van der Waals surface area contributed by atoms with Crippen molar-refractivity contribution in [3.8, 4) is 0 Å². The first kappa shape index (κ1) is 7.49. The number of hydrogen-bond donors (Lipinski definition) is 2. The van der Waals surface area contributed by atoms with E-state index in [4.69, 9.17) is 0 Å². The second-order valence-corrected chi connectivity index (χ2v) is 3.34. The summed E-state index contributed by atoms with van der Waals surface area (Å²) >= 11 is 0. The van der Waals surface area contributed by atoms with E-state index in [-0.39, 0.29) is 11.5 Å². The molecule has 64 valence electrons. The van der Waals surface area contributed by atoms with Gasteiger partial charge in [-0.2, -0.15) is 5.10 Å². The highest BCUT2D eigenvalue weighted by Crippen LogP contribution is 2.50. The molecule has 1 saturated carbocycles. The van der Waals surface area contributed by atoms with Crippen LogP contribution < -0.4 is 5.56 Å². The molecule has 1 fully saturated rings. The van der Waals surface area contributed by atoms with Gasteiger partial charge in [0.05, 0.1) is 5.69 Å². The minimum absolute atomic E-state index is 0.240. The van der Waals surface area contributed by atoms with E-state index < -0.39 is 5.60 Å². The smallest absolute Gasteiger partial charge is 0.264 e. The Labute approximate surface area is 69.2 Å². The summed E-state index contributed by atoms with van der Waals surface area (Å²) in [6.07, 6.45) is 0.728. The third-order valence-electron chi connectivity index (χ3n) is 2.40. The zero-order valence-electron chi connectivity index (χ0n) is 6.74. The number of nitrogens with one attached hydrogen (secondary N) is 1. The summed E-state index contributed by atoms with van der Waals surface area (Å²) in [6.45, 7) is 1.95. The Hall–Kier alpha value is -1.16. The molecule has 2 rings (SSSR count). The van der Waals surface area contributed by atoms with Crippen molar-refractivity contribution in [3.63, 3.8) is 0 Å². The number of hydrogen-bond acceptors (Lipinski definition) is 3. The molecular weight excluding hydrogens is 156 g/mol. The van der Waals surface area contributed by atoms with Crippen LogP contribution >= 0.6 is 0 Å². The van der Waals surface area contributed by atoms with Gasteiger partial charge in [0.1, 0.15) is 5.60 Å². The Morgan fingerprint density at radius 2 is 2.42 bits per heavy atom. The largest absolute Gasteiger partial charge is 0.383 e. The first-order valence-electron chi connectivity index (χ1n) is 3.91. The van der Waals surface area contributed by atoms with Crippen molar-refractivity contribution in [1.29, 1.82) is 0 Å². The van der Waals surface area contributed by atoms with Crippen LogP contribution in [-0.2, 0) is 5.60 Å². The van der Waals surface area contributed by atoms with Crippen LogP contribution in [0, 0.1) is 5.92 Å². The summed E-state index contributed by atoms with van der Waals surface area (Å²) < 4.78 is 0. The van der Waals surface area contributed by atoms with Crippen molar-refractivity contribution < 1.29 is 5.11 Å². The molecule has 1 aliphatic carbocycles. The molecule has 1 heterocycles. The lowest BCUT2D eigenvalue weighted by Crippen LogP contribution is -2.15. The molecule has 2 unspecified atom stereocenters. The van der Waals surface area contributed by atoms with Gasteiger partial charge >= 0.3 is 0 Å². The fourth-order valence-electron chi connectivity index (χ4n) is 1.35. The van der Waals surface area contributed by atoms with E-state index in [9.17, 15) is 9.90 Å². The van der Waals surface area contributed by atoms with E-state index >= 15 is 0 Å². The molecular formula is C8H10N2O2. The molecule has 2 atom stereocenters. The predicted molar refractivity (Wildman–Crippen MR) is 42.5 cm³/mol. The van der Waals surface area contributed by atoms with Gasteiger partial charge in [-0.3, -0.25) is 4.79 Å². The van der Waals surface area contributed by atoms with Crippen LogP contribution in [-0.4, -0.2) is 15.3 Å². The minimum Gasteiger partial charge on any atom is -0.383 e. The fourth-order valence-corrected chi connectivity index (χ4v) is 1.35. The summed E-state index contributed by atoms with van der Waals surface area (Å²) in [5, 5.41) is 15.9. The highest BCUT2D eigenvalue weighted by atomic mass is 16.3. The van der Waals surface area contributed by atoms with Crippen LogP contribution in [0.4, 0.5) is 0 Å². The molecule has 0 aromatic carbocycles. The molecule has 4 nitrogen and oxygen atoms in total. The maximum Gasteiger partial charge on any atom is 0.264 e. The van der Waals surface area contributed by atoms with Gasteiger partial charge in [0, 0.05) is 6.07 Å². The van der Waals surface area contributed by atoms with Crippen LogP contribution in [0.2, 0.25) is 0 Å². The van der Waals surface area contributed by atoms with Gasteiger partial charge in [0.25, 0.3) is 5.56 Å². The molecule has 2 N–H and O–H groups in total. The predicted octanol–water partition coefficient (Wildman–Crippen LogP) is -0.00270. The Bertz CT molecular complexity index is 340. The minimum atomic E-state index is -0.788. The average molecular weight is 166 g/mol. The van der Waals surface area contributed by atoms with Gasteiger partial charge in [-0.15, -0.1) is 0 Å². The summed E-state index contributed by atoms with van der Waals surface area (Å²) in [5.41, 5.74) is -0.463. The van der Waals surface area contributed by atoms with Gasteiger partial charge in [0.15, 0.2) is 0 Å². The van der Waals surface area contributed by atoms with Crippen LogP contribution in [0.5, 0.6) is 0 Å². The number of aromatic nitrogens is 2. The molecule has 0 aliphatic heterocycles. The Balaban J connectivity index is 2.37. The van der Waals surface area contributed by atoms with Gasteiger partial charge < -0.3 is 5.11 Å². The van der Waals surface area contributed by atoms with E-state index in [0.29, 0.717) is 5.69 Å². The SMILES string of the molecule is CC1CC1(O)c1ccc(=O)[nH]n1. The van der Waals surface area contributed by atoms with E-state index in [1.54, 1.807) is 6.07 Å². The Morgan fingerprint density at radius 3 is 2.83 bits per heavy atom. The third-order valence-corrected chi connectivity index (χ3v) is 2.40. The molecule has 1 aromatic heterocycles. The second-order valence-electron chi connectivity index (χ2n) is 3.34. The number of rotatable bonds is 1. The summed E-state index contributed by atoms with van der Waals surface area (Å²) in [6, 6.07) is 2.95. The number of H-pyrrole nitrogens is 1. The number of aromatic amines is 1. The first-order chi connectivity index (χ1) is 5.63. The van der Waals surface area contributed by atoms with Crippen molar-refractivity contribution in [2.45, 2.75) is 18.9 Å². The van der Waals surface area contributed by atoms with Crippen molar-refractivity contribution in [3.05, 3.63) is 28.2 Å². The molecule has 0 bridgehead atoms. The maximum absolute atomic E-state index is 10.7. The molecule has 0 amide bonds. The average Bonchev–Trinajstić information content (AvgIpc) is 2.62. The van der Waals surface area contributed by atoms with Crippen LogP contribution in [0.25, 0.3) is 0 Å². The molecule has 0 spiro atoms. The van der Waals surface area contributed by atoms with Crippen molar-refractivity contribution in [2.75, 3.05) is 0 Å². The molecule has 0 radical (unpaired) electrons. The molecule has 1 aromatic rings. The van der Waals surface area contributed by atoms with E-state index in [0.717, 1.165) is 6.42 Å². The monoisotopic (exact) mass is 166 g/mol. The van der Waals surface area contributed by atoms with Crippen LogP contribution in [0.1, 0.15) is 19.0 Å². The second kappa shape index (κ2) is 2.17. The normalized spacial score (nSPS) is 33.3. The highest BCUT2D eigenvalue weighted by Gasteiger charge is 2.52. The molecule has 1 aliphatic rings. The number of nitrogens with zero attached hydrogens (tertiary/aromatic N) is 1. The number of aliphatic hydroxyl groups is 1. The topological polar surface area (TPSA) is 66.0 Å². The van der Waals surface area contributed by atoms with E-state index in [1.807, 2.05) is 6.92 Å². The van der Waals surface area contributed by atoms with Crippen molar-refractivity contribution in [1.82, 2.24) is 10.2 Å². The summed E-state index contributed by atoms with van der Waals surface area (Å²) in [7, 11) is 0. The van der Waals surface area contributed by atoms with E-state index in [2.05, 4.69) is 10.2 Å². The van der Waals surface area contributed by atoms with Crippen LogP contribution in [0.15, 0.2) is 16.9 Å². The van der Waals surface area contributed by atoms with Gasteiger partial charge in [0.2, 0.25) is 0 Å². The summed E-state index contributed by atoms with van der Waals surface area (Å²) in [5.74, 6) is 0.246.